The van der Waals surface area contributed by atoms with E-state index in [0.717, 1.165) is 38.9 Å². The smallest absolute Gasteiger partial charge is 0.326 e. The van der Waals surface area contributed by atoms with Gasteiger partial charge in [-0.2, -0.15) is 0 Å². The monoisotopic (exact) mass is 283 g/mol. The predicted molar refractivity (Wildman–Crippen MR) is 79.7 cm³/mol. The number of rotatable bonds is 5. The fourth-order valence-electron chi connectivity index (χ4n) is 3.80. The van der Waals surface area contributed by atoms with Crippen LogP contribution in [0.15, 0.2) is 0 Å². The van der Waals surface area contributed by atoms with E-state index in [4.69, 9.17) is 4.74 Å². The molecule has 0 bridgehead atoms. The van der Waals surface area contributed by atoms with Crippen LogP contribution in [0.25, 0.3) is 0 Å². The van der Waals surface area contributed by atoms with Gasteiger partial charge in [0.2, 0.25) is 0 Å². The normalized spacial score (nSPS) is 34.9. The molecule has 0 aromatic carbocycles. The summed E-state index contributed by atoms with van der Waals surface area (Å²) in [5.74, 6) is -0.0924. The molecule has 3 unspecified atom stereocenters. The number of esters is 1. The molecule has 0 radical (unpaired) electrons. The molecule has 1 aliphatic heterocycles. The maximum Gasteiger partial charge on any atom is 0.326 e. The highest BCUT2D eigenvalue weighted by atomic mass is 16.5. The quantitative estimate of drug-likeness (QED) is 0.752. The van der Waals surface area contributed by atoms with E-state index in [2.05, 4.69) is 36.1 Å². The van der Waals surface area contributed by atoms with Gasteiger partial charge in [-0.25, -0.2) is 0 Å². The number of methoxy groups -OCH3 is 1. The van der Waals surface area contributed by atoms with Gasteiger partial charge in [0.1, 0.15) is 5.54 Å². The molecule has 1 N–H and O–H groups in total. The molecule has 1 aliphatic carbocycles. The molecule has 0 spiro atoms. The second-order valence-electron chi connectivity index (χ2n) is 6.40. The minimum Gasteiger partial charge on any atom is -0.468 e. The molecule has 2 aliphatic rings. The van der Waals surface area contributed by atoms with Crippen LogP contribution in [0, 0.1) is 0 Å². The zero-order valence-electron chi connectivity index (χ0n) is 13.3. The lowest BCUT2D eigenvalue weighted by atomic mass is 9.97. The van der Waals surface area contributed by atoms with Crippen molar-refractivity contribution in [2.75, 3.05) is 40.8 Å². The number of nitrogens with one attached hydrogen (secondary N) is 1. The molecule has 1 saturated heterocycles. The van der Waals surface area contributed by atoms with Crippen LogP contribution in [-0.4, -0.2) is 74.2 Å². The summed E-state index contributed by atoms with van der Waals surface area (Å²) in [6.45, 7) is 5.13. The lowest BCUT2D eigenvalue weighted by molar-refractivity contribution is -0.148. The molecule has 1 saturated carbocycles. The lowest BCUT2D eigenvalue weighted by Gasteiger charge is -2.30. The largest absolute Gasteiger partial charge is 0.468 e. The number of ether oxygens (including phenoxy) is 1. The summed E-state index contributed by atoms with van der Waals surface area (Å²) in [6, 6.07) is 1.17. The molecule has 0 aromatic heterocycles. The number of carbonyl (C=O) groups is 1. The topological polar surface area (TPSA) is 44.8 Å². The van der Waals surface area contributed by atoms with E-state index < -0.39 is 5.54 Å². The Morgan fingerprint density at radius 3 is 2.75 bits per heavy atom. The van der Waals surface area contributed by atoms with Gasteiger partial charge in [0.05, 0.1) is 7.11 Å². The first-order valence-electron chi connectivity index (χ1n) is 7.76. The van der Waals surface area contributed by atoms with Gasteiger partial charge in [0.25, 0.3) is 0 Å². The molecule has 20 heavy (non-hydrogen) atoms. The van der Waals surface area contributed by atoms with Crippen LogP contribution < -0.4 is 5.32 Å². The molecule has 116 valence electrons. The Bertz CT molecular complexity index is 348. The maximum absolute atomic E-state index is 12.1. The highest BCUT2D eigenvalue weighted by Crippen LogP contribution is 2.35. The second-order valence-corrected chi connectivity index (χ2v) is 6.40. The van der Waals surface area contributed by atoms with Gasteiger partial charge in [0, 0.05) is 25.2 Å². The molecule has 5 nitrogen and oxygen atoms in total. The maximum atomic E-state index is 12.1. The molecule has 1 heterocycles. The molecule has 0 amide bonds. The van der Waals surface area contributed by atoms with Gasteiger partial charge in [-0.05, 0) is 46.3 Å². The van der Waals surface area contributed by atoms with E-state index in [9.17, 15) is 4.79 Å². The van der Waals surface area contributed by atoms with Crippen molar-refractivity contribution in [3.8, 4) is 0 Å². The summed E-state index contributed by atoms with van der Waals surface area (Å²) in [6.07, 6.45) is 4.09. The van der Waals surface area contributed by atoms with E-state index in [0.29, 0.717) is 12.1 Å². The Balaban J connectivity index is 1.98. The molecule has 5 heteroatoms. The molecule has 2 fully saturated rings. The highest BCUT2D eigenvalue weighted by Gasteiger charge is 2.48. The molecular weight excluding hydrogens is 254 g/mol. The van der Waals surface area contributed by atoms with E-state index in [1.807, 2.05) is 0 Å². The summed E-state index contributed by atoms with van der Waals surface area (Å²) in [7, 11) is 5.80. The standard InChI is InChI=1S/C15H29N3O2/c1-5-16-15(14(19)20-4)8-6-12(10-15)18-9-7-13(11-18)17(2)3/h12-13,16H,5-11H2,1-4H3. The van der Waals surface area contributed by atoms with E-state index >= 15 is 0 Å². The Kier molecular flexibility index (Phi) is 5.04. The zero-order valence-corrected chi connectivity index (χ0v) is 13.3. The number of nitrogens with zero attached hydrogens (tertiary/aromatic N) is 2. The third-order valence-corrected chi connectivity index (χ3v) is 5.02. The van der Waals surface area contributed by atoms with Gasteiger partial charge in [-0.15, -0.1) is 0 Å². The van der Waals surface area contributed by atoms with Crippen LogP contribution in [0.2, 0.25) is 0 Å². The molecule has 3 atom stereocenters. The van der Waals surface area contributed by atoms with Crippen molar-refractivity contribution >= 4 is 5.97 Å². The minimum atomic E-state index is -0.454. The van der Waals surface area contributed by atoms with Crippen LogP contribution >= 0.6 is 0 Å². The third-order valence-electron chi connectivity index (χ3n) is 5.02. The average molecular weight is 283 g/mol. The van der Waals surface area contributed by atoms with Crippen molar-refractivity contribution in [2.45, 2.75) is 50.2 Å². The molecule has 2 rings (SSSR count). The van der Waals surface area contributed by atoms with Gasteiger partial charge in [0.15, 0.2) is 0 Å². The van der Waals surface area contributed by atoms with Crippen LogP contribution in [0.1, 0.15) is 32.6 Å². The van der Waals surface area contributed by atoms with E-state index in [-0.39, 0.29) is 5.97 Å². The van der Waals surface area contributed by atoms with Crippen LogP contribution in [-0.2, 0) is 9.53 Å². The van der Waals surface area contributed by atoms with Gasteiger partial charge >= 0.3 is 5.97 Å². The van der Waals surface area contributed by atoms with Crippen molar-refractivity contribution in [1.82, 2.24) is 15.1 Å². The van der Waals surface area contributed by atoms with Crippen LogP contribution in [0.5, 0.6) is 0 Å². The Hall–Kier alpha value is -0.650. The van der Waals surface area contributed by atoms with Crippen molar-refractivity contribution in [3.05, 3.63) is 0 Å². The third kappa shape index (κ3) is 3.00. The van der Waals surface area contributed by atoms with Gasteiger partial charge in [-0.3, -0.25) is 9.69 Å². The Morgan fingerprint density at radius 2 is 2.20 bits per heavy atom. The Morgan fingerprint density at radius 1 is 1.45 bits per heavy atom. The summed E-state index contributed by atoms with van der Waals surface area (Å²) in [4.78, 5) is 17.0. The van der Waals surface area contributed by atoms with E-state index in [1.54, 1.807) is 0 Å². The van der Waals surface area contributed by atoms with E-state index in [1.165, 1.54) is 13.5 Å². The first-order chi connectivity index (χ1) is 9.52. The van der Waals surface area contributed by atoms with Gasteiger partial charge < -0.3 is 15.0 Å². The minimum absolute atomic E-state index is 0.0924. The lowest BCUT2D eigenvalue weighted by Crippen LogP contribution is -2.52. The second kappa shape index (κ2) is 6.41. The van der Waals surface area contributed by atoms with Crippen molar-refractivity contribution in [1.29, 1.82) is 0 Å². The van der Waals surface area contributed by atoms with Crippen molar-refractivity contribution < 1.29 is 9.53 Å². The summed E-state index contributed by atoms with van der Waals surface area (Å²) in [5, 5.41) is 3.38. The fraction of sp³-hybridized carbons (Fsp3) is 0.933. The number of hydrogen-bond donors (Lipinski definition) is 1. The number of carbonyl (C=O) groups excluding carboxylic acids is 1. The fourth-order valence-corrected chi connectivity index (χ4v) is 3.80. The van der Waals surface area contributed by atoms with Crippen LogP contribution in [0.4, 0.5) is 0 Å². The SMILES string of the molecule is CCNC1(C(=O)OC)CCC(N2CCC(N(C)C)C2)C1. The van der Waals surface area contributed by atoms with Gasteiger partial charge in [-0.1, -0.05) is 6.92 Å². The number of likely N-dealkylation sites (N-methyl/N-ethyl adjacent to an activating group) is 2. The van der Waals surface area contributed by atoms with Crippen LogP contribution in [0.3, 0.4) is 0 Å². The summed E-state index contributed by atoms with van der Waals surface area (Å²) in [5.41, 5.74) is -0.454. The average Bonchev–Trinajstić information content (AvgIpc) is 3.05. The van der Waals surface area contributed by atoms with Crippen molar-refractivity contribution in [3.63, 3.8) is 0 Å². The predicted octanol–water partition coefficient (Wildman–Crippen LogP) is 0.696. The first-order valence-corrected chi connectivity index (χ1v) is 7.76. The highest BCUT2D eigenvalue weighted by molar-refractivity contribution is 5.81. The Labute approximate surface area is 122 Å². The number of likely N-dealkylation sites (tertiary alicyclic amines) is 1. The molecular formula is C15H29N3O2. The number of hydrogen-bond acceptors (Lipinski definition) is 5. The zero-order chi connectivity index (χ0) is 14.8. The van der Waals surface area contributed by atoms with Crippen molar-refractivity contribution in [2.24, 2.45) is 0 Å². The summed E-state index contributed by atoms with van der Waals surface area (Å²) >= 11 is 0. The first kappa shape index (κ1) is 15.7. The summed E-state index contributed by atoms with van der Waals surface area (Å²) < 4.78 is 5.03. The molecule has 0 aromatic rings.